The third-order valence-electron chi connectivity index (χ3n) is 8.36. The van der Waals surface area contributed by atoms with Crippen molar-refractivity contribution in [2.75, 3.05) is 0 Å². The Balaban J connectivity index is 1.55. The molecule has 0 N–H and O–H groups in total. The molecule has 40 heavy (non-hydrogen) atoms. The van der Waals surface area contributed by atoms with Gasteiger partial charge in [0.05, 0.1) is 16.4 Å². The van der Waals surface area contributed by atoms with Gasteiger partial charge in [-0.15, -0.1) is 0 Å². The van der Waals surface area contributed by atoms with Crippen molar-refractivity contribution in [1.29, 1.82) is 0 Å². The second-order valence-electron chi connectivity index (χ2n) is 10.5. The minimum absolute atomic E-state index is 0.917. The standard InChI is InChI=1S/C38H23NO/c1-2-11-24(12-3-1)25-13-10-14-26(23-25)39-33-19-8-6-18-32(33)35-29-17-5-4-15-27(29)30-21-22-31-28-16-7-9-20-34(28)40-38(31)36(30)37(35)39/h1-23H. The van der Waals surface area contributed by atoms with Gasteiger partial charge in [0.25, 0.3) is 0 Å². The van der Waals surface area contributed by atoms with Crippen molar-refractivity contribution in [2.24, 2.45) is 0 Å². The highest BCUT2D eigenvalue weighted by atomic mass is 16.3. The zero-order valence-electron chi connectivity index (χ0n) is 21.6. The summed E-state index contributed by atoms with van der Waals surface area (Å²) >= 11 is 0. The molecule has 0 unspecified atom stereocenters. The van der Waals surface area contributed by atoms with E-state index in [1.807, 2.05) is 6.07 Å². The van der Waals surface area contributed by atoms with Gasteiger partial charge in [-0.05, 0) is 57.6 Å². The highest BCUT2D eigenvalue weighted by molar-refractivity contribution is 6.36. The lowest BCUT2D eigenvalue weighted by Crippen LogP contribution is -1.95. The Hall–Kier alpha value is -5.34. The smallest absolute Gasteiger partial charge is 0.145 e. The van der Waals surface area contributed by atoms with Crippen molar-refractivity contribution in [3.05, 3.63) is 140 Å². The quantitative estimate of drug-likeness (QED) is 0.212. The van der Waals surface area contributed by atoms with Crippen LogP contribution in [0.4, 0.5) is 0 Å². The number of hydrogen-bond acceptors (Lipinski definition) is 1. The van der Waals surface area contributed by atoms with Gasteiger partial charge in [-0.2, -0.15) is 0 Å². The number of aromatic nitrogens is 1. The van der Waals surface area contributed by atoms with Crippen molar-refractivity contribution in [3.8, 4) is 16.8 Å². The van der Waals surface area contributed by atoms with Crippen LogP contribution in [0, 0.1) is 0 Å². The van der Waals surface area contributed by atoms with Crippen LogP contribution in [0.2, 0.25) is 0 Å². The molecule has 0 aliphatic rings. The SMILES string of the molecule is c1ccc(-c2cccc(-n3c4ccccc4c4c5ccccc5c5ccc6c7ccccc7oc6c5c43)c2)cc1. The van der Waals surface area contributed by atoms with Crippen LogP contribution >= 0.6 is 0 Å². The molecule has 0 saturated heterocycles. The van der Waals surface area contributed by atoms with E-state index in [4.69, 9.17) is 4.42 Å². The first-order valence-corrected chi connectivity index (χ1v) is 13.7. The van der Waals surface area contributed by atoms with Crippen LogP contribution in [0.3, 0.4) is 0 Å². The molecular weight excluding hydrogens is 486 g/mol. The van der Waals surface area contributed by atoms with Gasteiger partial charge < -0.3 is 8.98 Å². The maximum Gasteiger partial charge on any atom is 0.145 e. The first-order chi connectivity index (χ1) is 19.9. The second kappa shape index (κ2) is 8.08. The average Bonchev–Trinajstić information content (AvgIpc) is 3.58. The maximum atomic E-state index is 6.69. The minimum Gasteiger partial charge on any atom is -0.455 e. The van der Waals surface area contributed by atoms with Gasteiger partial charge in [0.1, 0.15) is 11.2 Å². The summed E-state index contributed by atoms with van der Waals surface area (Å²) in [4.78, 5) is 0. The molecule has 2 heteroatoms. The molecule has 9 rings (SSSR count). The Morgan fingerprint density at radius 3 is 1.95 bits per heavy atom. The highest BCUT2D eigenvalue weighted by Gasteiger charge is 2.22. The van der Waals surface area contributed by atoms with E-state index in [0.717, 1.165) is 33.0 Å². The molecule has 7 aromatic carbocycles. The zero-order chi connectivity index (χ0) is 26.2. The van der Waals surface area contributed by atoms with Crippen molar-refractivity contribution in [3.63, 3.8) is 0 Å². The fourth-order valence-electron chi connectivity index (χ4n) is 6.66. The fraction of sp³-hybridized carbons (Fsp3) is 0. The van der Waals surface area contributed by atoms with E-state index in [1.54, 1.807) is 0 Å². The van der Waals surface area contributed by atoms with Crippen LogP contribution in [0.25, 0.3) is 82.1 Å². The summed E-state index contributed by atoms with van der Waals surface area (Å²) in [6.07, 6.45) is 0. The molecule has 0 radical (unpaired) electrons. The van der Waals surface area contributed by atoms with Gasteiger partial charge in [0, 0.05) is 27.2 Å². The summed E-state index contributed by atoms with van der Waals surface area (Å²) in [6.45, 7) is 0. The van der Waals surface area contributed by atoms with Gasteiger partial charge in [-0.1, -0.05) is 109 Å². The van der Waals surface area contributed by atoms with Gasteiger partial charge in [-0.3, -0.25) is 0 Å². The third kappa shape index (κ3) is 2.88. The highest BCUT2D eigenvalue weighted by Crippen LogP contribution is 2.46. The van der Waals surface area contributed by atoms with Crippen LogP contribution in [-0.2, 0) is 0 Å². The van der Waals surface area contributed by atoms with E-state index in [2.05, 4.69) is 138 Å². The average molecular weight is 510 g/mol. The van der Waals surface area contributed by atoms with E-state index >= 15 is 0 Å². The van der Waals surface area contributed by atoms with Crippen LogP contribution < -0.4 is 0 Å². The van der Waals surface area contributed by atoms with Crippen LogP contribution in [0.5, 0.6) is 0 Å². The van der Waals surface area contributed by atoms with Crippen LogP contribution in [-0.4, -0.2) is 4.57 Å². The fourth-order valence-corrected chi connectivity index (χ4v) is 6.66. The molecule has 2 aromatic heterocycles. The zero-order valence-corrected chi connectivity index (χ0v) is 21.6. The van der Waals surface area contributed by atoms with E-state index in [1.165, 1.54) is 49.1 Å². The molecule has 9 aromatic rings. The number of benzene rings is 7. The van der Waals surface area contributed by atoms with Gasteiger partial charge in [0.2, 0.25) is 0 Å². The van der Waals surface area contributed by atoms with E-state index < -0.39 is 0 Å². The third-order valence-corrected chi connectivity index (χ3v) is 8.36. The van der Waals surface area contributed by atoms with Crippen molar-refractivity contribution >= 4 is 65.3 Å². The number of hydrogen-bond donors (Lipinski definition) is 0. The Morgan fingerprint density at radius 1 is 0.425 bits per heavy atom. The topological polar surface area (TPSA) is 18.1 Å². The Labute approximate surface area is 230 Å². The molecule has 0 spiro atoms. The molecule has 2 nitrogen and oxygen atoms in total. The molecule has 0 amide bonds. The predicted molar refractivity (Wildman–Crippen MR) is 169 cm³/mol. The summed E-state index contributed by atoms with van der Waals surface area (Å²) in [5, 5.41) is 9.67. The molecule has 0 aliphatic heterocycles. The lowest BCUT2D eigenvalue weighted by Gasteiger charge is -2.13. The van der Waals surface area contributed by atoms with E-state index in [-0.39, 0.29) is 0 Å². The molecular formula is C38H23NO. The van der Waals surface area contributed by atoms with E-state index in [0.29, 0.717) is 0 Å². The number of fused-ring (bicyclic) bond motifs is 12. The molecule has 0 atom stereocenters. The van der Waals surface area contributed by atoms with Crippen LogP contribution in [0.15, 0.2) is 144 Å². The number of rotatable bonds is 2. The van der Waals surface area contributed by atoms with Gasteiger partial charge in [0.15, 0.2) is 0 Å². The molecule has 0 fully saturated rings. The molecule has 186 valence electrons. The first-order valence-electron chi connectivity index (χ1n) is 13.7. The van der Waals surface area contributed by atoms with Crippen molar-refractivity contribution in [1.82, 2.24) is 4.57 Å². The minimum atomic E-state index is 0.917. The summed E-state index contributed by atoms with van der Waals surface area (Å²) in [7, 11) is 0. The second-order valence-corrected chi connectivity index (χ2v) is 10.5. The Kier molecular flexibility index (Phi) is 4.36. The molecule has 0 saturated carbocycles. The molecule has 0 bridgehead atoms. The Morgan fingerprint density at radius 2 is 1.07 bits per heavy atom. The summed E-state index contributed by atoms with van der Waals surface area (Å²) in [5.41, 5.74) is 7.77. The summed E-state index contributed by atoms with van der Waals surface area (Å²) in [5.74, 6) is 0. The molecule has 2 heterocycles. The molecule has 0 aliphatic carbocycles. The number of furan rings is 1. The Bertz CT molecular complexity index is 2420. The lowest BCUT2D eigenvalue weighted by atomic mass is 9.95. The van der Waals surface area contributed by atoms with E-state index in [9.17, 15) is 0 Å². The maximum absolute atomic E-state index is 6.69. The summed E-state index contributed by atoms with van der Waals surface area (Å²) < 4.78 is 9.13. The van der Waals surface area contributed by atoms with Gasteiger partial charge in [-0.25, -0.2) is 0 Å². The predicted octanol–water partition coefficient (Wildman–Crippen LogP) is 10.7. The number of nitrogens with zero attached hydrogens (tertiary/aromatic N) is 1. The monoisotopic (exact) mass is 509 g/mol. The number of para-hydroxylation sites is 2. The largest absolute Gasteiger partial charge is 0.455 e. The summed E-state index contributed by atoms with van der Waals surface area (Å²) in [6, 6.07) is 49.9. The van der Waals surface area contributed by atoms with Gasteiger partial charge >= 0.3 is 0 Å². The van der Waals surface area contributed by atoms with Crippen molar-refractivity contribution < 1.29 is 4.42 Å². The van der Waals surface area contributed by atoms with Crippen LogP contribution in [0.1, 0.15) is 0 Å². The lowest BCUT2D eigenvalue weighted by molar-refractivity contribution is 0.673. The van der Waals surface area contributed by atoms with Crippen molar-refractivity contribution in [2.45, 2.75) is 0 Å². The first kappa shape index (κ1) is 21.6. The normalized spacial score (nSPS) is 12.0.